The monoisotopic (exact) mass is 313 g/mol. The molecule has 1 aromatic heterocycles. The van der Waals surface area contributed by atoms with Crippen LogP contribution in [0.2, 0.25) is 0 Å². The van der Waals surface area contributed by atoms with Crippen LogP contribution in [0.4, 0.5) is 5.00 Å². The van der Waals surface area contributed by atoms with E-state index in [0.29, 0.717) is 12.2 Å². The lowest BCUT2D eigenvalue weighted by Crippen LogP contribution is -2.35. The number of hydrogen-bond donors (Lipinski definition) is 0. The van der Waals surface area contributed by atoms with Crippen LogP contribution in [0.25, 0.3) is 11.1 Å². The lowest BCUT2D eigenvalue weighted by Gasteiger charge is -2.28. The molecule has 1 aliphatic carbocycles. The molecule has 0 radical (unpaired) electrons. The molecule has 1 fully saturated rings. The van der Waals surface area contributed by atoms with Gasteiger partial charge in [-0.05, 0) is 24.0 Å². The van der Waals surface area contributed by atoms with Gasteiger partial charge in [-0.2, -0.15) is 0 Å². The Kier molecular flexibility index (Phi) is 3.72. The number of fused-ring (bicyclic) bond motifs is 1. The van der Waals surface area contributed by atoms with Gasteiger partial charge in [0.1, 0.15) is 0 Å². The third kappa shape index (κ3) is 2.36. The number of ketones is 1. The summed E-state index contributed by atoms with van der Waals surface area (Å²) in [7, 11) is 0. The number of morpholine rings is 1. The molecule has 2 heterocycles. The predicted molar refractivity (Wildman–Crippen MR) is 90.1 cm³/mol. The summed E-state index contributed by atoms with van der Waals surface area (Å²) in [4.78, 5) is 15.7. The van der Waals surface area contributed by atoms with Crippen molar-refractivity contribution in [3.63, 3.8) is 0 Å². The number of carbonyl (C=O) groups excluding carboxylic acids is 1. The third-order valence-corrected chi connectivity index (χ3v) is 5.77. The predicted octanol–water partition coefficient (Wildman–Crippen LogP) is 3.77. The quantitative estimate of drug-likeness (QED) is 0.845. The summed E-state index contributed by atoms with van der Waals surface area (Å²) in [6.45, 7) is 3.36. The zero-order valence-electron chi connectivity index (χ0n) is 12.5. The van der Waals surface area contributed by atoms with Crippen molar-refractivity contribution in [2.75, 3.05) is 31.2 Å². The van der Waals surface area contributed by atoms with E-state index < -0.39 is 0 Å². The van der Waals surface area contributed by atoms with E-state index in [4.69, 9.17) is 4.74 Å². The Balaban J connectivity index is 1.87. The van der Waals surface area contributed by atoms with Crippen molar-refractivity contribution < 1.29 is 9.53 Å². The highest BCUT2D eigenvalue weighted by atomic mass is 32.1. The van der Waals surface area contributed by atoms with Gasteiger partial charge in [-0.15, -0.1) is 11.3 Å². The Morgan fingerprint density at radius 3 is 2.59 bits per heavy atom. The average molecular weight is 313 g/mol. The number of thiophene rings is 1. The summed E-state index contributed by atoms with van der Waals surface area (Å²) in [6.07, 6.45) is 2.70. The van der Waals surface area contributed by atoms with Crippen LogP contribution < -0.4 is 4.90 Å². The molecule has 22 heavy (non-hydrogen) atoms. The first-order valence-electron chi connectivity index (χ1n) is 7.91. The van der Waals surface area contributed by atoms with E-state index in [-0.39, 0.29) is 0 Å². The van der Waals surface area contributed by atoms with Crippen LogP contribution in [0.15, 0.2) is 30.3 Å². The summed E-state index contributed by atoms with van der Waals surface area (Å²) in [6, 6.07) is 10.5. The van der Waals surface area contributed by atoms with Gasteiger partial charge in [-0.25, -0.2) is 0 Å². The molecule has 4 heteroatoms. The Labute approximate surface area is 134 Å². The number of ether oxygens (including phenoxy) is 1. The van der Waals surface area contributed by atoms with E-state index in [1.807, 2.05) is 6.07 Å². The fourth-order valence-electron chi connectivity index (χ4n) is 3.35. The van der Waals surface area contributed by atoms with E-state index >= 15 is 0 Å². The largest absolute Gasteiger partial charge is 0.378 e. The van der Waals surface area contributed by atoms with E-state index in [1.54, 1.807) is 11.3 Å². The van der Waals surface area contributed by atoms with E-state index in [0.717, 1.165) is 44.0 Å². The molecule has 2 aromatic rings. The van der Waals surface area contributed by atoms with E-state index in [2.05, 4.69) is 29.2 Å². The molecule has 0 spiro atoms. The lowest BCUT2D eigenvalue weighted by molar-refractivity contribution is 0.0977. The number of Topliss-reactive ketones (excluding diaryl/α,β-unsaturated/α-hetero) is 1. The molecular weight excluding hydrogens is 294 g/mol. The highest BCUT2D eigenvalue weighted by molar-refractivity contribution is 7.19. The van der Waals surface area contributed by atoms with Crippen LogP contribution in [0.1, 0.15) is 28.1 Å². The van der Waals surface area contributed by atoms with Gasteiger partial charge < -0.3 is 9.64 Å². The molecule has 3 nitrogen and oxygen atoms in total. The molecule has 0 N–H and O–H groups in total. The minimum absolute atomic E-state index is 0.322. The summed E-state index contributed by atoms with van der Waals surface area (Å²) in [5, 5.41) is 1.26. The number of nitrogens with zero attached hydrogens (tertiary/aromatic N) is 1. The molecule has 114 valence electrons. The molecule has 0 saturated carbocycles. The summed E-state index contributed by atoms with van der Waals surface area (Å²) in [5.41, 5.74) is 3.79. The molecule has 4 rings (SSSR count). The van der Waals surface area contributed by atoms with Gasteiger partial charge in [0.15, 0.2) is 5.78 Å². The van der Waals surface area contributed by atoms with Gasteiger partial charge in [-0.1, -0.05) is 30.3 Å². The first kappa shape index (κ1) is 14.0. The standard InChI is InChI=1S/C18H19NO2S/c20-15-8-4-7-14-16(13-5-2-1-3-6-13)18(22-17(14)15)19-9-11-21-12-10-19/h1-3,5-6H,4,7-12H2. The van der Waals surface area contributed by atoms with Crippen LogP contribution in [0.3, 0.4) is 0 Å². The number of benzene rings is 1. The number of anilines is 1. The zero-order valence-corrected chi connectivity index (χ0v) is 13.3. The normalized spacial score (nSPS) is 18.4. The summed E-state index contributed by atoms with van der Waals surface area (Å²) >= 11 is 1.69. The van der Waals surface area contributed by atoms with Crippen LogP contribution in [0.5, 0.6) is 0 Å². The third-order valence-electron chi connectivity index (χ3n) is 4.43. The van der Waals surface area contributed by atoms with Crippen molar-refractivity contribution in [1.29, 1.82) is 0 Å². The molecule has 0 unspecified atom stereocenters. The molecule has 0 bridgehead atoms. The second-order valence-corrected chi connectivity index (χ2v) is 6.83. The highest BCUT2D eigenvalue weighted by Crippen LogP contribution is 2.46. The Bertz CT molecular complexity index is 687. The molecular formula is C18H19NO2S. The van der Waals surface area contributed by atoms with E-state index in [1.165, 1.54) is 21.7 Å². The SMILES string of the molecule is O=C1CCCc2c1sc(N1CCOCC1)c2-c1ccccc1. The van der Waals surface area contributed by atoms with Crippen molar-refractivity contribution in [2.45, 2.75) is 19.3 Å². The molecule has 0 atom stereocenters. The lowest BCUT2D eigenvalue weighted by atomic mass is 9.91. The maximum absolute atomic E-state index is 12.3. The van der Waals surface area contributed by atoms with Crippen molar-refractivity contribution in [3.05, 3.63) is 40.8 Å². The first-order chi connectivity index (χ1) is 10.8. The van der Waals surface area contributed by atoms with Crippen molar-refractivity contribution in [3.8, 4) is 11.1 Å². The van der Waals surface area contributed by atoms with E-state index in [9.17, 15) is 4.79 Å². The molecule has 1 aliphatic heterocycles. The number of rotatable bonds is 2. The minimum Gasteiger partial charge on any atom is -0.378 e. The molecule has 1 aromatic carbocycles. The van der Waals surface area contributed by atoms with Gasteiger partial charge in [-0.3, -0.25) is 4.79 Å². The Hall–Kier alpha value is -1.65. The Morgan fingerprint density at radius 2 is 1.82 bits per heavy atom. The first-order valence-corrected chi connectivity index (χ1v) is 8.73. The van der Waals surface area contributed by atoms with Gasteiger partial charge >= 0.3 is 0 Å². The minimum atomic E-state index is 0.322. The zero-order chi connectivity index (χ0) is 14.9. The van der Waals surface area contributed by atoms with Crippen LogP contribution in [-0.2, 0) is 11.2 Å². The molecule has 0 amide bonds. The maximum atomic E-state index is 12.3. The van der Waals surface area contributed by atoms with Crippen molar-refractivity contribution >= 4 is 22.1 Å². The van der Waals surface area contributed by atoms with Gasteiger partial charge in [0.2, 0.25) is 0 Å². The van der Waals surface area contributed by atoms with Crippen LogP contribution in [-0.4, -0.2) is 32.1 Å². The van der Waals surface area contributed by atoms with Crippen LogP contribution >= 0.6 is 11.3 Å². The van der Waals surface area contributed by atoms with Gasteiger partial charge in [0.05, 0.1) is 23.1 Å². The number of carbonyl (C=O) groups is 1. The summed E-state index contributed by atoms with van der Waals surface area (Å²) < 4.78 is 5.49. The molecule has 1 saturated heterocycles. The maximum Gasteiger partial charge on any atom is 0.173 e. The number of hydrogen-bond acceptors (Lipinski definition) is 4. The highest BCUT2D eigenvalue weighted by Gasteiger charge is 2.29. The fraction of sp³-hybridized carbons (Fsp3) is 0.389. The average Bonchev–Trinajstić information content (AvgIpc) is 2.97. The van der Waals surface area contributed by atoms with Crippen molar-refractivity contribution in [2.24, 2.45) is 0 Å². The molecule has 2 aliphatic rings. The Morgan fingerprint density at radius 1 is 1.05 bits per heavy atom. The second kappa shape index (κ2) is 5.86. The van der Waals surface area contributed by atoms with Gasteiger partial charge in [0, 0.05) is 25.1 Å². The topological polar surface area (TPSA) is 29.5 Å². The van der Waals surface area contributed by atoms with Crippen LogP contribution in [0, 0.1) is 0 Å². The fourth-order valence-corrected chi connectivity index (χ4v) is 4.74. The second-order valence-electron chi connectivity index (χ2n) is 5.83. The van der Waals surface area contributed by atoms with Crippen molar-refractivity contribution in [1.82, 2.24) is 0 Å². The summed E-state index contributed by atoms with van der Waals surface area (Å²) in [5.74, 6) is 0.322. The van der Waals surface area contributed by atoms with Gasteiger partial charge in [0.25, 0.3) is 0 Å². The smallest absolute Gasteiger partial charge is 0.173 e.